The first-order chi connectivity index (χ1) is 9.72. The average Bonchev–Trinajstić information content (AvgIpc) is 3.16. The number of carbonyl (C=O) groups is 1. The van der Waals surface area contributed by atoms with E-state index in [0.29, 0.717) is 6.54 Å². The number of thiazole rings is 1. The van der Waals surface area contributed by atoms with Gasteiger partial charge in [0.1, 0.15) is 17.9 Å². The van der Waals surface area contributed by atoms with Crippen LogP contribution in [0.2, 0.25) is 0 Å². The molecule has 0 aliphatic carbocycles. The van der Waals surface area contributed by atoms with Crippen molar-refractivity contribution in [3.8, 4) is 0 Å². The Balaban J connectivity index is 1.90. The normalized spacial score (nSPS) is 24.4. The molecule has 4 heterocycles. The zero-order valence-corrected chi connectivity index (χ0v) is 12.1. The number of amides is 2. The molecule has 0 aromatic carbocycles. The summed E-state index contributed by atoms with van der Waals surface area (Å²) in [6, 6.07) is -1.03. The molecule has 2 atom stereocenters. The molecular weight excluding hydrogens is 298 g/mol. The van der Waals surface area contributed by atoms with Crippen molar-refractivity contribution in [1.82, 2.24) is 23.9 Å². The lowest BCUT2D eigenvalue weighted by molar-refractivity contribution is -0.0578. The van der Waals surface area contributed by atoms with Gasteiger partial charge in [0.15, 0.2) is 0 Å². The van der Waals surface area contributed by atoms with Crippen LogP contribution in [0.15, 0.2) is 17.9 Å². The van der Waals surface area contributed by atoms with E-state index in [1.807, 2.05) is 16.4 Å². The summed E-state index contributed by atoms with van der Waals surface area (Å²) in [5.41, 5.74) is 2.57. The molecule has 0 spiro atoms. The van der Waals surface area contributed by atoms with E-state index in [0.717, 1.165) is 21.5 Å². The maximum absolute atomic E-state index is 12.2. The topological polar surface area (TPSA) is 74.5 Å². The van der Waals surface area contributed by atoms with Gasteiger partial charge in [-0.25, -0.2) is 14.8 Å². The molecule has 1 saturated heterocycles. The number of hydrogen-bond acceptors (Lipinski definition) is 6. The lowest BCUT2D eigenvalue weighted by Crippen LogP contribution is -2.35. The number of hydrogen-bond donors (Lipinski definition) is 1. The monoisotopic (exact) mass is 309 g/mol. The molecule has 2 aliphatic rings. The lowest BCUT2D eigenvalue weighted by Gasteiger charge is -2.29. The molecule has 4 rings (SSSR count). The molecule has 2 aromatic rings. The van der Waals surface area contributed by atoms with E-state index >= 15 is 0 Å². The molecule has 2 amide bonds. The number of rotatable bonds is 2. The Morgan fingerprint density at radius 2 is 2.35 bits per heavy atom. The molecule has 1 fully saturated rings. The molecule has 2 bridgehead atoms. The second-order valence-corrected chi connectivity index (χ2v) is 6.24. The van der Waals surface area contributed by atoms with Crippen LogP contribution in [0.4, 0.5) is 4.79 Å². The maximum Gasteiger partial charge on any atom is 0.345 e. The molecule has 104 valence electrons. The van der Waals surface area contributed by atoms with Crippen molar-refractivity contribution >= 4 is 29.3 Å². The van der Waals surface area contributed by atoms with Crippen LogP contribution in [0.3, 0.4) is 0 Å². The molecule has 0 saturated carbocycles. The SMILES string of the molecule is CSn1ccnc1[C@@H]1c2ncsc2[C@@H]2CN1C(=O)N2O. The van der Waals surface area contributed by atoms with Crippen LogP contribution < -0.4 is 0 Å². The van der Waals surface area contributed by atoms with Crippen LogP contribution in [0.25, 0.3) is 0 Å². The van der Waals surface area contributed by atoms with Crippen molar-refractivity contribution in [2.45, 2.75) is 12.1 Å². The predicted octanol–water partition coefficient (Wildman–Crippen LogP) is 1.74. The highest BCUT2D eigenvalue weighted by Gasteiger charge is 2.50. The van der Waals surface area contributed by atoms with Gasteiger partial charge >= 0.3 is 6.03 Å². The smallest absolute Gasteiger partial charge is 0.304 e. The average molecular weight is 309 g/mol. The fourth-order valence-corrected chi connectivity index (χ4v) is 4.20. The lowest BCUT2D eigenvalue weighted by atomic mass is 10.0. The molecule has 0 unspecified atom stereocenters. The second kappa shape index (κ2) is 4.21. The largest absolute Gasteiger partial charge is 0.345 e. The van der Waals surface area contributed by atoms with Gasteiger partial charge in [-0.3, -0.25) is 9.18 Å². The highest BCUT2D eigenvalue weighted by Crippen LogP contribution is 2.46. The minimum atomic E-state index is -0.388. The van der Waals surface area contributed by atoms with Gasteiger partial charge in [0, 0.05) is 18.6 Å². The van der Waals surface area contributed by atoms with Crippen LogP contribution in [-0.4, -0.2) is 47.9 Å². The number of hydroxylamine groups is 2. The third kappa shape index (κ3) is 1.42. The Morgan fingerprint density at radius 1 is 1.50 bits per heavy atom. The molecule has 9 heteroatoms. The third-order valence-corrected chi connectivity index (χ3v) is 5.33. The highest BCUT2D eigenvalue weighted by atomic mass is 32.2. The summed E-state index contributed by atoms with van der Waals surface area (Å²) in [6.45, 7) is 0.469. The Hall–Kier alpha value is -1.58. The van der Waals surface area contributed by atoms with Crippen LogP contribution in [0.5, 0.6) is 0 Å². The van der Waals surface area contributed by atoms with Gasteiger partial charge in [0.2, 0.25) is 0 Å². The number of imidazole rings is 1. The van der Waals surface area contributed by atoms with Crippen LogP contribution in [0.1, 0.15) is 28.5 Å². The van der Waals surface area contributed by atoms with Gasteiger partial charge in [0.25, 0.3) is 0 Å². The highest BCUT2D eigenvalue weighted by molar-refractivity contribution is 7.97. The van der Waals surface area contributed by atoms with E-state index in [9.17, 15) is 10.0 Å². The van der Waals surface area contributed by atoms with Crippen LogP contribution >= 0.6 is 23.3 Å². The number of urea groups is 1. The van der Waals surface area contributed by atoms with E-state index in [1.54, 1.807) is 16.6 Å². The summed E-state index contributed by atoms with van der Waals surface area (Å²) >= 11 is 2.99. The third-order valence-electron chi connectivity index (χ3n) is 3.68. The summed E-state index contributed by atoms with van der Waals surface area (Å²) in [5.74, 6) is 0.756. The van der Waals surface area contributed by atoms with Gasteiger partial charge in [-0.05, 0) is 11.9 Å². The maximum atomic E-state index is 12.2. The van der Waals surface area contributed by atoms with Gasteiger partial charge in [0.05, 0.1) is 22.6 Å². The first-order valence-corrected chi connectivity index (χ1v) is 8.08. The van der Waals surface area contributed by atoms with Crippen molar-refractivity contribution in [2.24, 2.45) is 0 Å². The van der Waals surface area contributed by atoms with E-state index in [1.165, 1.54) is 23.3 Å². The molecule has 2 aliphatic heterocycles. The molecule has 7 nitrogen and oxygen atoms in total. The zero-order chi connectivity index (χ0) is 13.9. The minimum absolute atomic E-state index is 0.307. The molecular formula is C11H11N5O2S2. The molecule has 0 radical (unpaired) electrons. The Labute approximate surface area is 122 Å². The number of fused-ring (bicyclic) bond motifs is 4. The van der Waals surface area contributed by atoms with Gasteiger partial charge < -0.3 is 4.90 Å². The second-order valence-electron chi connectivity index (χ2n) is 4.59. The van der Waals surface area contributed by atoms with E-state index in [4.69, 9.17) is 0 Å². The van der Waals surface area contributed by atoms with Crippen LogP contribution in [-0.2, 0) is 0 Å². The Bertz CT molecular complexity index is 684. The minimum Gasteiger partial charge on any atom is -0.304 e. The van der Waals surface area contributed by atoms with Crippen molar-refractivity contribution in [1.29, 1.82) is 0 Å². The summed E-state index contributed by atoms with van der Waals surface area (Å²) < 4.78 is 1.92. The number of aromatic nitrogens is 3. The predicted molar refractivity (Wildman–Crippen MR) is 73.6 cm³/mol. The fraction of sp³-hybridized carbons (Fsp3) is 0.364. The quantitative estimate of drug-likeness (QED) is 0.855. The number of carbonyl (C=O) groups excluding carboxylic acids is 1. The van der Waals surface area contributed by atoms with Crippen molar-refractivity contribution in [3.05, 3.63) is 34.3 Å². The van der Waals surface area contributed by atoms with E-state index in [-0.39, 0.29) is 18.1 Å². The zero-order valence-electron chi connectivity index (χ0n) is 10.5. The first-order valence-electron chi connectivity index (χ1n) is 6.02. The summed E-state index contributed by atoms with van der Waals surface area (Å²) in [4.78, 5) is 23.5. The standard InChI is InChI=1S/C11H11N5O2S2/c1-19-15-3-2-12-10(15)8-7-9(20-5-13-7)6-4-14(8)11(17)16(6)18/h2-3,5-6,8,18H,4H2,1H3/t6-,8-/m0/s1. The van der Waals surface area contributed by atoms with Gasteiger partial charge in [-0.15, -0.1) is 11.3 Å². The molecule has 2 aromatic heterocycles. The Kier molecular flexibility index (Phi) is 2.56. The molecule has 20 heavy (non-hydrogen) atoms. The first kappa shape index (κ1) is 12.2. The van der Waals surface area contributed by atoms with E-state index in [2.05, 4.69) is 9.97 Å². The van der Waals surface area contributed by atoms with Crippen molar-refractivity contribution in [3.63, 3.8) is 0 Å². The summed E-state index contributed by atoms with van der Waals surface area (Å²) in [5, 5.41) is 10.8. The fourth-order valence-electron chi connectivity index (χ4n) is 2.79. The van der Waals surface area contributed by atoms with Crippen LogP contribution in [0, 0.1) is 0 Å². The molecule has 1 N–H and O–H groups in total. The number of nitrogens with zero attached hydrogens (tertiary/aromatic N) is 5. The van der Waals surface area contributed by atoms with Crippen molar-refractivity contribution in [2.75, 3.05) is 12.8 Å². The summed E-state index contributed by atoms with van der Waals surface area (Å²) in [6.07, 6.45) is 5.51. The Morgan fingerprint density at radius 3 is 3.15 bits per heavy atom. The summed E-state index contributed by atoms with van der Waals surface area (Å²) in [7, 11) is 0. The van der Waals surface area contributed by atoms with Gasteiger partial charge in [-0.2, -0.15) is 5.06 Å². The van der Waals surface area contributed by atoms with Gasteiger partial charge in [-0.1, -0.05) is 0 Å². The van der Waals surface area contributed by atoms with E-state index < -0.39 is 0 Å². The van der Waals surface area contributed by atoms with Crippen molar-refractivity contribution < 1.29 is 10.0 Å².